The molecule has 4 nitrogen and oxygen atoms in total. The molecule has 0 radical (unpaired) electrons. The van der Waals surface area contributed by atoms with Crippen molar-refractivity contribution in [2.45, 2.75) is 6.18 Å². The predicted molar refractivity (Wildman–Crippen MR) is 114 cm³/mol. The van der Waals surface area contributed by atoms with E-state index in [1.165, 1.54) is 18.2 Å². The second-order valence-corrected chi connectivity index (χ2v) is 7.11. The number of aromatic amines is 1. The van der Waals surface area contributed by atoms with E-state index >= 15 is 0 Å². The Morgan fingerprint density at radius 2 is 1.68 bits per heavy atom. The van der Waals surface area contributed by atoms with E-state index in [4.69, 9.17) is 11.6 Å². The quantitative estimate of drug-likeness (QED) is 0.371. The van der Waals surface area contributed by atoms with Crippen LogP contribution in [0.15, 0.2) is 79.0 Å². The van der Waals surface area contributed by atoms with Crippen LogP contribution in [0.3, 0.4) is 0 Å². The second kappa shape index (κ2) is 8.28. The van der Waals surface area contributed by atoms with Gasteiger partial charge in [-0.2, -0.15) is 13.2 Å². The molecule has 0 spiro atoms. The molecule has 4 aromatic rings. The molecule has 31 heavy (non-hydrogen) atoms. The van der Waals surface area contributed by atoms with Crippen LogP contribution in [0.2, 0.25) is 5.02 Å². The first-order valence-electron chi connectivity index (χ1n) is 9.21. The SMILES string of the molecule is O=C(Nc1ccc(Cl)c(-c2ncc(-c3ccccc3)[nH]2)c1)c1ccccc1C(F)(F)F. The Bertz CT molecular complexity index is 1240. The van der Waals surface area contributed by atoms with E-state index in [1.54, 1.807) is 18.3 Å². The minimum absolute atomic E-state index is 0.291. The Hall–Kier alpha value is -3.58. The first-order valence-corrected chi connectivity index (χ1v) is 9.58. The van der Waals surface area contributed by atoms with Gasteiger partial charge in [-0.15, -0.1) is 0 Å². The molecule has 0 aliphatic heterocycles. The van der Waals surface area contributed by atoms with E-state index in [1.807, 2.05) is 30.3 Å². The Morgan fingerprint density at radius 3 is 2.42 bits per heavy atom. The van der Waals surface area contributed by atoms with Gasteiger partial charge in [-0.1, -0.05) is 54.1 Å². The number of alkyl halides is 3. The Kier molecular flexibility index (Phi) is 5.52. The highest BCUT2D eigenvalue weighted by Crippen LogP contribution is 2.33. The summed E-state index contributed by atoms with van der Waals surface area (Å²) in [6.45, 7) is 0. The van der Waals surface area contributed by atoms with Gasteiger partial charge < -0.3 is 10.3 Å². The third-order valence-corrected chi connectivity index (χ3v) is 4.95. The normalized spacial score (nSPS) is 11.4. The molecule has 1 heterocycles. The average molecular weight is 442 g/mol. The van der Waals surface area contributed by atoms with E-state index in [0.717, 1.165) is 23.4 Å². The highest BCUT2D eigenvalue weighted by atomic mass is 35.5. The minimum Gasteiger partial charge on any atom is -0.338 e. The molecule has 0 saturated heterocycles. The maximum atomic E-state index is 13.2. The first kappa shape index (κ1) is 20.7. The number of rotatable bonds is 4. The number of benzene rings is 3. The second-order valence-electron chi connectivity index (χ2n) is 6.70. The zero-order chi connectivity index (χ0) is 22.0. The summed E-state index contributed by atoms with van der Waals surface area (Å²) < 4.78 is 39.7. The number of anilines is 1. The molecule has 0 unspecified atom stereocenters. The van der Waals surface area contributed by atoms with Crippen LogP contribution in [0.25, 0.3) is 22.6 Å². The summed E-state index contributed by atoms with van der Waals surface area (Å²) in [5, 5.41) is 2.88. The predicted octanol–water partition coefficient (Wildman–Crippen LogP) is 6.67. The fourth-order valence-corrected chi connectivity index (χ4v) is 3.34. The molecular weight excluding hydrogens is 427 g/mol. The van der Waals surface area contributed by atoms with Crippen molar-refractivity contribution < 1.29 is 18.0 Å². The van der Waals surface area contributed by atoms with Crippen LogP contribution in [-0.2, 0) is 6.18 Å². The van der Waals surface area contributed by atoms with Crippen molar-refractivity contribution >= 4 is 23.2 Å². The lowest BCUT2D eigenvalue weighted by Crippen LogP contribution is -2.18. The van der Waals surface area contributed by atoms with Crippen molar-refractivity contribution in [3.8, 4) is 22.6 Å². The molecule has 0 aliphatic rings. The highest BCUT2D eigenvalue weighted by Gasteiger charge is 2.34. The fraction of sp³-hybridized carbons (Fsp3) is 0.0435. The molecular formula is C23H15ClF3N3O. The van der Waals surface area contributed by atoms with Crippen LogP contribution >= 0.6 is 11.6 Å². The number of H-pyrrole nitrogens is 1. The van der Waals surface area contributed by atoms with Gasteiger partial charge in [-0.3, -0.25) is 4.79 Å². The molecule has 1 aromatic heterocycles. The standard InChI is InChI=1S/C23H15ClF3N3O/c24-19-11-10-15(29-22(31)16-8-4-5-9-18(16)23(25,26)27)12-17(19)21-28-13-20(30-21)14-6-2-1-3-7-14/h1-13H,(H,28,30)(H,29,31). The fourth-order valence-electron chi connectivity index (χ4n) is 3.13. The number of nitrogens with one attached hydrogen (secondary N) is 2. The van der Waals surface area contributed by atoms with Gasteiger partial charge in [0, 0.05) is 11.3 Å². The van der Waals surface area contributed by atoms with Crippen molar-refractivity contribution in [1.29, 1.82) is 0 Å². The van der Waals surface area contributed by atoms with Gasteiger partial charge in [0.2, 0.25) is 0 Å². The van der Waals surface area contributed by atoms with E-state index < -0.39 is 23.2 Å². The smallest absolute Gasteiger partial charge is 0.338 e. The number of hydrogen-bond donors (Lipinski definition) is 2. The number of nitrogens with zero attached hydrogens (tertiary/aromatic N) is 1. The number of halogens is 4. The van der Waals surface area contributed by atoms with Gasteiger partial charge in [0.15, 0.2) is 0 Å². The van der Waals surface area contributed by atoms with Gasteiger partial charge in [0.1, 0.15) is 5.82 Å². The lowest BCUT2D eigenvalue weighted by molar-refractivity contribution is -0.137. The molecule has 0 saturated carbocycles. The summed E-state index contributed by atoms with van der Waals surface area (Å²) in [7, 11) is 0. The van der Waals surface area contributed by atoms with E-state index in [-0.39, 0.29) is 0 Å². The molecule has 4 rings (SSSR count). The number of aromatic nitrogens is 2. The lowest BCUT2D eigenvalue weighted by Gasteiger charge is -2.13. The summed E-state index contributed by atoms with van der Waals surface area (Å²) >= 11 is 6.30. The molecule has 0 bridgehead atoms. The topological polar surface area (TPSA) is 57.8 Å². The largest absolute Gasteiger partial charge is 0.417 e. The first-order chi connectivity index (χ1) is 14.8. The van der Waals surface area contributed by atoms with Crippen LogP contribution in [0.4, 0.5) is 18.9 Å². The van der Waals surface area contributed by atoms with Crippen molar-refractivity contribution in [2.75, 3.05) is 5.32 Å². The Morgan fingerprint density at radius 1 is 0.968 bits per heavy atom. The van der Waals surface area contributed by atoms with Crippen LogP contribution < -0.4 is 5.32 Å². The molecule has 156 valence electrons. The average Bonchev–Trinajstić information content (AvgIpc) is 3.25. The third kappa shape index (κ3) is 4.46. The zero-order valence-electron chi connectivity index (χ0n) is 15.9. The van der Waals surface area contributed by atoms with Gasteiger partial charge >= 0.3 is 6.18 Å². The summed E-state index contributed by atoms with van der Waals surface area (Å²) in [5.41, 5.74) is 1.05. The van der Waals surface area contributed by atoms with E-state index in [0.29, 0.717) is 22.1 Å². The van der Waals surface area contributed by atoms with E-state index in [9.17, 15) is 18.0 Å². The van der Waals surface area contributed by atoms with Gasteiger partial charge in [0.05, 0.1) is 28.0 Å². The minimum atomic E-state index is -4.64. The van der Waals surface area contributed by atoms with Crippen LogP contribution in [0.5, 0.6) is 0 Å². The van der Waals surface area contributed by atoms with Gasteiger partial charge in [-0.05, 0) is 35.9 Å². The third-order valence-electron chi connectivity index (χ3n) is 4.62. The number of imidazole rings is 1. The van der Waals surface area contributed by atoms with Crippen molar-refractivity contribution in [2.24, 2.45) is 0 Å². The summed E-state index contributed by atoms with van der Waals surface area (Å²) in [6.07, 6.45) is -2.98. The van der Waals surface area contributed by atoms with E-state index in [2.05, 4.69) is 15.3 Å². The van der Waals surface area contributed by atoms with Crippen LogP contribution in [-0.4, -0.2) is 15.9 Å². The molecule has 2 N–H and O–H groups in total. The Balaban J connectivity index is 1.63. The maximum Gasteiger partial charge on any atom is 0.417 e. The molecule has 8 heteroatoms. The summed E-state index contributed by atoms with van der Waals surface area (Å²) in [4.78, 5) is 20.1. The number of hydrogen-bond acceptors (Lipinski definition) is 2. The highest BCUT2D eigenvalue weighted by molar-refractivity contribution is 6.33. The number of carbonyl (C=O) groups is 1. The molecule has 0 atom stereocenters. The van der Waals surface area contributed by atoms with Crippen molar-refractivity contribution in [3.05, 3.63) is 95.1 Å². The van der Waals surface area contributed by atoms with Gasteiger partial charge in [-0.25, -0.2) is 4.98 Å². The lowest BCUT2D eigenvalue weighted by atomic mass is 10.1. The van der Waals surface area contributed by atoms with Crippen molar-refractivity contribution in [1.82, 2.24) is 9.97 Å². The monoisotopic (exact) mass is 441 g/mol. The maximum absolute atomic E-state index is 13.2. The zero-order valence-corrected chi connectivity index (χ0v) is 16.6. The molecule has 0 aliphatic carbocycles. The summed E-state index contributed by atoms with van der Waals surface area (Å²) in [5.74, 6) is -0.402. The van der Waals surface area contributed by atoms with Crippen LogP contribution in [0.1, 0.15) is 15.9 Å². The summed E-state index contributed by atoms with van der Waals surface area (Å²) in [6, 6.07) is 18.8. The Labute approximate surface area is 180 Å². The van der Waals surface area contributed by atoms with Gasteiger partial charge in [0.25, 0.3) is 5.91 Å². The van der Waals surface area contributed by atoms with Crippen molar-refractivity contribution in [3.63, 3.8) is 0 Å². The molecule has 0 fully saturated rings. The molecule has 3 aromatic carbocycles. The molecule has 1 amide bonds. The van der Waals surface area contributed by atoms with Crippen LogP contribution in [0, 0.1) is 0 Å². The number of amides is 1. The number of carbonyl (C=O) groups excluding carboxylic acids is 1.